The molecule has 0 amide bonds. The predicted octanol–water partition coefficient (Wildman–Crippen LogP) is 4.70. The third-order valence-corrected chi connectivity index (χ3v) is 13.6. The number of nitrogens with zero attached hydrogens (tertiary/aromatic N) is 5. The first-order valence-electron chi connectivity index (χ1n) is 16.8. The van der Waals surface area contributed by atoms with Crippen LogP contribution in [0.15, 0.2) is 59.5 Å². The standard InChI is InChI=1S/C34H53N5O4S2/c1-29-24-37(44(40,41)34-18-16-33(17-19-34)35(2)3)22-10-20-36(26-30-12-6-4-7-13-30)21-11-23-38(25-29)45(42,43)39-27-32(28-39)31-14-8-5-9-15-31/h5,8-9,14-19,29-30,32H,4,6-7,10-13,20-28H2,1-3H3/t29-/m0/s1. The van der Waals surface area contributed by atoms with Crippen LogP contribution in [0.1, 0.15) is 63.4 Å². The minimum absolute atomic E-state index is 0.167. The van der Waals surface area contributed by atoms with Gasteiger partial charge in [0.25, 0.3) is 10.2 Å². The lowest BCUT2D eigenvalue weighted by atomic mass is 9.89. The lowest BCUT2D eigenvalue weighted by molar-refractivity contribution is 0.176. The van der Waals surface area contributed by atoms with Crippen LogP contribution in [0.25, 0.3) is 0 Å². The van der Waals surface area contributed by atoms with Crippen molar-refractivity contribution in [1.82, 2.24) is 17.8 Å². The Bertz CT molecular complexity index is 1420. The first-order valence-corrected chi connectivity index (χ1v) is 19.7. The fraction of sp³-hybridized carbons (Fsp3) is 0.647. The van der Waals surface area contributed by atoms with Crippen LogP contribution in [-0.4, -0.2) is 108 Å². The lowest BCUT2D eigenvalue weighted by Crippen LogP contribution is -2.55. The summed E-state index contributed by atoms with van der Waals surface area (Å²) in [6.45, 7) is 7.01. The molecule has 2 aromatic carbocycles. The van der Waals surface area contributed by atoms with Gasteiger partial charge in [0.15, 0.2) is 0 Å². The van der Waals surface area contributed by atoms with Crippen LogP contribution < -0.4 is 4.90 Å². The van der Waals surface area contributed by atoms with Crippen LogP contribution >= 0.6 is 0 Å². The zero-order chi connectivity index (χ0) is 32.0. The van der Waals surface area contributed by atoms with Crippen molar-refractivity contribution < 1.29 is 16.8 Å². The Morgan fingerprint density at radius 3 is 1.91 bits per heavy atom. The van der Waals surface area contributed by atoms with Gasteiger partial charge >= 0.3 is 0 Å². The highest BCUT2D eigenvalue weighted by atomic mass is 32.2. The molecule has 0 spiro atoms. The Balaban J connectivity index is 1.34. The summed E-state index contributed by atoms with van der Waals surface area (Å²) in [6, 6.07) is 17.2. The van der Waals surface area contributed by atoms with Crippen molar-refractivity contribution in [3.8, 4) is 0 Å². The third-order valence-electron chi connectivity index (χ3n) is 9.80. The van der Waals surface area contributed by atoms with Crippen LogP contribution in [0.3, 0.4) is 0 Å². The number of sulfonamides is 1. The molecular formula is C34H53N5O4S2. The van der Waals surface area contributed by atoms with Gasteiger partial charge in [-0.25, -0.2) is 8.42 Å². The second-order valence-corrected chi connectivity index (χ2v) is 17.5. The molecular weight excluding hydrogens is 607 g/mol. The fourth-order valence-corrected chi connectivity index (χ4v) is 10.6. The molecule has 1 atom stereocenters. The van der Waals surface area contributed by atoms with E-state index in [2.05, 4.69) is 17.0 Å². The zero-order valence-electron chi connectivity index (χ0n) is 27.4. The van der Waals surface area contributed by atoms with Gasteiger partial charge in [0.2, 0.25) is 10.0 Å². The molecule has 2 heterocycles. The summed E-state index contributed by atoms with van der Waals surface area (Å²) < 4.78 is 60.8. The maximum absolute atomic E-state index is 14.0. The van der Waals surface area contributed by atoms with Crippen molar-refractivity contribution >= 4 is 25.9 Å². The van der Waals surface area contributed by atoms with Crippen molar-refractivity contribution in [2.75, 3.05) is 77.9 Å². The monoisotopic (exact) mass is 659 g/mol. The van der Waals surface area contributed by atoms with E-state index in [1.807, 2.05) is 56.3 Å². The van der Waals surface area contributed by atoms with Gasteiger partial charge in [0, 0.05) is 71.5 Å². The van der Waals surface area contributed by atoms with Crippen molar-refractivity contribution in [1.29, 1.82) is 0 Å². The Kier molecular flexibility index (Phi) is 11.6. The van der Waals surface area contributed by atoms with E-state index in [4.69, 9.17) is 0 Å². The molecule has 2 aliphatic heterocycles. The maximum atomic E-state index is 14.0. The quantitative estimate of drug-likeness (QED) is 0.409. The molecule has 0 bridgehead atoms. The van der Waals surface area contributed by atoms with Gasteiger partial charge in [-0.2, -0.15) is 21.3 Å². The normalized spacial score (nSPS) is 23.6. The van der Waals surface area contributed by atoms with Gasteiger partial charge in [-0.15, -0.1) is 0 Å². The van der Waals surface area contributed by atoms with E-state index < -0.39 is 20.2 Å². The lowest BCUT2D eigenvalue weighted by Gasteiger charge is -2.42. The molecule has 1 aliphatic carbocycles. The molecule has 2 saturated heterocycles. The van der Waals surface area contributed by atoms with E-state index in [9.17, 15) is 16.8 Å². The van der Waals surface area contributed by atoms with Gasteiger partial charge in [-0.3, -0.25) is 0 Å². The van der Waals surface area contributed by atoms with E-state index in [0.29, 0.717) is 38.6 Å². The molecule has 2 aromatic rings. The maximum Gasteiger partial charge on any atom is 0.282 e. The number of anilines is 1. The van der Waals surface area contributed by atoms with Crippen LogP contribution in [0.5, 0.6) is 0 Å². The Morgan fingerprint density at radius 1 is 0.689 bits per heavy atom. The highest BCUT2D eigenvalue weighted by molar-refractivity contribution is 7.89. The van der Waals surface area contributed by atoms with Crippen molar-refractivity contribution in [2.45, 2.75) is 62.7 Å². The molecule has 0 unspecified atom stereocenters. The van der Waals surface area contributed by atoms with Crippen molar-refractivity contribution in [3.05, 3.63) is 60.2 Å². The van der Waals surface area contributed by atoms with Crippen LogP contribution in [0.4, 0.5) is 5.69 Å². The summed E-state index contributed by atoms with van der Waals surface area (Å²) in [4.78, 5) is 4.70. The summed E-state index contributed by atoms with van der Waals surface area (Å²) in [5, 5.41) is 0. The third kappa shape index (κ3) is 8.67. The van der Waals surface area contributed by atoms with E-state index in [1.165, 1.54) is 37.7 Å². The fourth-order valence-electron chi connectivity index (χ4n) is 7.13. The molecule has 45 heavy (non-hydrogen) atoms. The first-order chi connectivity index (χ1) is 21.5. The summed E-state index contributed by atoms with van der Waals surface area (Å²) in [7, 11) is -3.56. The Labute approximate surface area is 272 Å². The molecule has 11 heteroatoms. The number of benzene rings is 2. The predicted molar refractivity (Wildman–Crippen MR) is 182 cm³/mol. The number of hydrogen-bond acceptors (Lipinski definition) is 6. The molecule has 250 valence electrons. The van der Waals surface area contributed by atoms with Gasteiger partial charge in [0.1, 0.15) is 0 Å². The molecule has 5 rings (SSSR count). The smallest absolute Gasteiger partial charge is 0.282 e. The van der Waals surface area contributed by atoms with Crippen molar-refractivity contribution in [2.24, 2.45) is 11.8 Å². The molecule has 3 fully saturated rings. The average molecular weight is 660 g/mol. The molecule has 0 aromatic heterocycles. The van der Waals surface area contributed by atoms with E-state index in [0.717, 1.165) is 38.2 Å². The van der Waals surface area contributed by atoms with Crippen LogP contribution in [-0.2, 0) is 20.2 Å². The van der Waals surface area contributed by atoms with Gasteiger partial charge in [0.05, 0.1) is 4.90 Å². The molecule has 0 radical (unpaired) electrons. The van der Waals surface area contributed by atoms with E-state index >= 15 is 0 Å². The Morgan fingerprint density at radius 2 is 1.29 bits per heavy atom. The van der Waals surface area contributed by atoms with Gasteiger partial charge in [-0.1, -0.05) is 56.5 Å². The molecule has 1 saturated carbocycles. The molecule has 3 aliphatic rings. The average Bonchev–Trinajstić information content (AvgIpc) is 2.99. The SMILES string of the molecule is C[C@H]1CN(S(=O)(=O)c2ccc(N(C)C)cc2)CCCN(CC2CCCCC2)CCCN(S(=O)(=O)N2CC(c3ccccc3)C2)C1. The summed E-state index contributed by atoms with van der Waals surface area (Å²) in [5.41, 5.74) is 2.11. The van der Waals surface area contributed by atoms with Crippen LogP contribution in [0.2, 0.25) is 0 Å². The zero-order valence-corrected chi connectivity index (χ0v) is 29.1. The summed E-state index contributed by atoms with van der Waals surface area (Å²) in [5.74, 6) is 0.702. The minimum Gasteiger partial charge on any atom is -0.378 e. The second-order valence-electron chi connectivity index (χ2n) is 13.7. The van der Waals surface area contributed by atoms with Gasteiger partial charge in [-0.05, 0) is 80.4 Å². The topological polar surface area (TPSA) is 84.5 Å². The molecule has 9 nitrogen and oxygen atoms in total. The highest BCUT2D eigenvalue weighted by Gasteiger charge is 2.40. The largest absolute Gasteiger partial charge is 0.378 e. The van der Waals surface area contributed by atoms with Gasteiger partial charge < -0.3 is 9.80 Å². The summed E-state index contributed by atoms with van der Waals surface area (Å²) >= 11 is 0. The number of hydrogen-bond donors (Lipinski definition) is 0. The first kappa shape index (κ1) is 34.3. The van der Waals surface area contributed by atoms with Crippen LogP contribution in [0, 0.1) is 11.8 Å². The minimum atomic E-state index is -3.75. The second kappa shape index (κ2) is 15.3. The van der Waals surface area contributed by atoms with E-state index in [-0.39, 0.29) is 23.3 Å². The number of rotatable bonds is 8. The summed E-state index contributed by atoms with van der Waals surface area (Å²) in [6.07, 6.45) is 7.89. The highest BCUT2D eigenvalue weighted by Crippen LogP contribution is 2.31. The molecule has 0 N–H and O–H groups in total. The van der Waals surface area contributed by atoms with Crippen molar-refractivity contribution in [3.63, 3.8) is 0 Å². The van der Waals surface area contributed by atoms with E-state index in [1.54, 1.807) is 25.0 Å². The Hall–Kier alpha value is -2.02.